The van der Waals surface area contributed by atoms with Crippen molar-refractivity contribution >= 4 is 28.6 Å². The molecule has 0 unspecified atom stereocenters. The van der Waals surface area contributed by atoms with Crippen LogP contribution in [-0.2, 0) is 0 Å². The van der Waals surface area contributed by atoms with Gasteiger partial charge in [0, 0.05) is 6.07 Å². The summed E-state index contributed by atoms with van der Waals surface area (Å²) in [5.74, 6) is -0.387. The first kappa shape index (κ1) is 12.5. The van der Waals surface area contributed by atoms with Crippen molar-refractivity contribution in [1.29, 1.82) is 5.26 Å². The van der Waals surface area contributed by atoms with Crippen LogP contribution in [0.5, 0.6) is 0 Å². The first-order chi connectivity index (χ1) is 9.61. The Kier molecular flexibility index (Phi) is 2.81. The molecule has 4 nitrogen and oxygen atoms in total. The first-order valence-electron chi connectivity index (χ1n) is 5.74. The summed E-state index contributed by atoms with van der Waals surface area (Å²) >= 11 is 5.81. The minimum atomic E-state index is -0.558. The highest BCUT2D eigenvalue weighted by Gasteiger charge is 2.15. The van der Waals surface area contributed by atoms with Crippen LogP contribution in [0.15, 0.2) is 36.4 Å². The molecule has 0 saturated carbocycles. The molecule has 0 aliphatic carbocycles. The molecule has 2 N–H and O–H groups in total. The molecule has 20 heavy (non-hydrogen) atoms. The molecule has 0 fully saturated rings. The maximum Gasteiger partial charge on any atom is 0.205 e. The van der Waals surface area contributed by atoms with E-state index in [-0.39, 0.29) is 11.0 Å². The molecule has 0 amide bonds. The van der Waals surface area contributed by atoms with Crippen molar-refractivity contribution < 1.29 is 4.39 Å². The molecular weight excluding hydrogens is 279 g/mol. The summed E-state index contributed by atoms with van der Waals surface area (Å²) in [4.78, 5) is 4.10. The van der Waals surface area contributed by atoms with Crippen LogP contribution >= 0.6 is 11.6 Å². The fraction of sp³-hybridized carbons (Fsp3) is 0. The van der Waals surface area contributed by atoms with Crippen molar-refractivity contribution in [2.24, 2.45) is 0 Å². The standard InChI is InChI=1S/C14H8ClFN4/c15-9-5-13-11(6-10(9)16)19-14(18)20(13)12-4-2-1-3-8(12)7-17/h1-6H,(H2,18,19). The lowest BCUT2D eigenvalue weighted by Gasteiger charge is -2.08. The Morgan fingerprint density at radius 3 is 2.80 bits per heavy atom. The van der Waals surface area contributed by atoms with E-state index in [1.165, 1.54) is 12.1 Å². The predicted octanol–water partition coefficient (Wildman–Crippen LogP) is 3.27. The minimum absolute atomic E-state index is 0.0203. The van der Waals surface area contributed by atoms with Crippen LogP contribution in [0.25, 0.3) is 16.7 Å². The van der Waals surface area contributed by atoms with E-state index >= 15 is 0 Å². The highest BCUT2D eigenvalue weighted by molar-refractivity contribution is 6.31. The van der Waals surface area contributed by atoms with Crippen LogP contribution in [0.3, 0.4) is 0 Å². The highest BCUT2D eigenvalue weighted by atomic mass is 35.5. The van der Waals surface area contributed by atoms with Gasteiger partial charge in [-0.15, -0.1) is 0 Å². The van der Waals surface area contributed by atoms with Crippen LogP contribution in [0, 0.1) is 17.1 Å². The number of hydrogen-bond donors (Lipinski definition) is 1. The van der Waals surface area contributed by atoms with Gasteiger partial charge in [-0.05, 0) is 18.2 Å². The number of aromatic nitrogens is 2. The van der Waals surface area contributed by atoms with Gasteiger partial charge in [0.15, 0.2) is 0 Å². The molecule has 0 aliphatic heterocycles. The summed E-state index contributed by atoms with van der Waals surface area (Å²) in [6, 6.07) is 11.7. The Morgan fingerprint density at radius 1 is 1.30 bits per heavy atom. The fourth-order valence-electron chi connectivity index (χ4n) is 2.11. The normalized spacial score (nSPS) is 10.7. The van der Waals surface area contributed by atoms with E-state index in [0.717, 1.165) is 0 Å². The molecule has 3 rings (SSSR count). The number of para-hydroxylation sites is 1. The zero-order valence-corrected chi connectivity index (χ0v) is 10.9. The van der Waals surface area contributed by atoms with Gasteiger partial charge >= 0.3 is 0 Å². The Labute approximate surface area is 118 Å². The first-order valence-corrected chi connectivity index (χ1v) is 6.12. The predicted molar refractivity (Wildman–Crippen MR) is 75.2 cm³/mol. The minimum Gasteiger partial charge on any atom is -0.369 e. The SMILES string of the molecule is N#Cc1ccccc1-n1c(N)nc2cc(F)c(Cl)cc21. The number of nitrogens with two attached hydrogens (primary N) is 1. The number of halogens is 2. The number of hydrogen-bond acceptors (Lipinski definition) is 3. The second-order valence-electron chi connectivity index (χ2n) is 4.19. The molecule has 0 atom stereocenters. The van der Waals surface area contributed by atoms with Gasteiger partial charge in [-0.1, -0.05) is 23.7 Å². The van der Waals surface area contributed by atoms with Crippen molar-refractivity contribution in [2.75, 3.05) is 5.73 Å². The third kappa shape index (κ3) is 1.78. The molecular formula is C14H8ClFN4. The monoisotopic (exact) mass is 286 g/mol. The number of nitriles is 1. The average molecular weight is 287 g/mol. The van der Waals surface area contributed by atoms with Gasteiger partial charge in [0.1, 0.15) is 11.9 Å². The van der Waals surface area contributed by atoms with Gasteiger partial charge < -0.3 is 5.73 Å². The largest absolute Gasteiger partial charge is 0.369 e. The maximum absolute atomic E-state index is 13.5. The van der Waals surface area contributed by atoms with Crippen molar-refractivity contribution in [3.63, 3.8) is 0 Å². The number of imidazole rings is 1. The van der Waals surface area contributed by atoms with E-state index in [1.807, 2.05) is 0 Å². The molecule has 1 aromatic heterocycles. The lowest BCUT2D eigenvalue weighted by atomic mass is 10.2. The molecule has 2 aromatic carbocycles. The lowest BCUT2D eigenvalue weighted by molar-refractivity contribution is 0.630. The van der Waals surface area contributed by atoms with Gasteiger partial charge in [-0.3, -0.25) is 4.57 Å². The van der Waals surface area contributed by atoms with E-state index in [4.69, 9.17) is 22.6 Å². The Morgan fingerprint density at radius 2 is 2.05 bits per heavy atom. The summed E-state index contributed by atoms with van der Waals surface area (Å²) in [6.45, 7) is 0. The molecule has 3 aromatic rings. The Hall–Kier alpha value is -2.58. The van der Waals surface area contributed by atoms with Gasteiger partial charge in [0.05, 0.1) is 27.3 Å². The van der Waals surface area contributed by atoms with Crippen LogP contribution in [-0.4, -0.2) is 9.55 Å². The summed E-state index contributed by atoms with van der Waals surface area (Å²) in [5.41, 5.74) is 7.85. The Bertz CT molecular complexity index is 863. The highest BCUT2D eigenvalue weighted by Crippen LogP contribution is 2.28. The van der Waals surface area contributed by atoms with E-state index in [2.05, 4.69) is 11.1 Å². The molecule has 0 saturated heterocycles. The van der Waals surface area contributed by atoms with E-state index in [9.17, 15) is 4.39 Å². The van der Waals surface area contributed by atoms with Crippen molar-refractivity contribution in [3.05, 3.63) is 52.8 Å². The summed E-state index contributed by atoms with van der Waals surface area (Å²) in [7, 11) is 0. The molecule has 0 bridgehead atoms. The van der Waals surface area contributed by atoms with Gasteiger partial charge in [0.2, 0.25) is 5.95 Å². The van der Waals surface area contributed by atoms with Gasteiger partial charge in [0.25, 0.3) is 0 Å². The van der Waals surface area contributed by atoms with Crippen molar-refractivity contribution in [1.82, 2.24) is 9.55 Å². The van der Waals surface area contributed by atoms with Crippen LogP contribution < -0.4 is 5.73 Å². The second kappa shape index (κ2) is 4.51. The number of anilines is 1. The molecule has 98 valence electrons. The van der Waals surface area contributed by atoms with E-state index in [0.29, 0.717) is 22.3 Å². The summed E-state index contributed by atoms with van der Waals surface area (Å²) < 4.78 is 15.0. The van der Waals surface area contributed by atoms with E-state index < -0.39 is 5.82 Å². The zero-order chi connectivity index (χ0) is 14.3. The number of benzene rings is 2. The summed E-state index contributed by atoms with van der Waals surface area (Å²) in [6.07, 6.45) is 0. The third-order valence-electron chi connectivity index (χ3n) is 2.99. The quantitative estimate of drug-likeness (QED) is 0.746. The number of nitrogen functional groups attached to an aromatic ring is 1. The van der Waals surface area contributed by atoms with Gasteiger partial charge in [-0.25, -0.2) is 9.37 Å². The molecule has 0 spiro atoms. The maximum atomic E-state index is 13.5. The Balaban J connectivity index is 2.40. The van der Waals surface area contributed by atoms with Crippen molar-refractivity contribution in [2.45, 2.75) is 0 Å². The zero-order valence-electron chi connectivity index (χ0n) is 10.1. The number of rotatable bonds is 1. The fourth-order valence-corrected chi connectivity index (χ4v) is 2.27. The van der Waals surface area contributed by atoms with Crippen molar-refractivity contribution in [3.8, 4) is 11.8 Å². The average Bonchev–Trinajstić information content (AvgIpc) is 2.74. The van der Waals surface area contributed by atoms with Crippen LogP contribution in [0.2, 0.25) is 5.02 Å². The number of fused-ring (bicyclic) bond motifs is 1. The molecule has 0 aliphatic rings. The smallest absolute Gasteiger partial charge is 0.205 e. The summed E-state index contributed by atoms with van der Waals surface area (Å²) in [5, 5.41) is 9.15. The topological polar surface area (TPSA) is 67.6 Å². The second-order valence-corrected chi connectivity index (χ2v) is 4.60. The van der Waals surface area contributed by atoms with Crippen LogP contribution in [0.4, 0.5) is 10.3 Å². The molecule has 6 heteroatoms. The molecule has 1 heterocycles. The molecule has 0 radical (unpaired) electrons. The number of nitrogens with zero attached hydrogens (tertiary/aromatic N) is 3. The van der Waals surface area contributed by atoms with E-state index in [1.54, 1.807) is 28.8 Å². The van der Waals surface area contributed by atoms with Gasteiger partial charge in [-0.2, -0.15) is 5.26 Å². The third-order valence-corrected chi connectivity index (χ3v) is 3.28. The van der Waals surface area contributed by atoms with Crippen LogP contribution in [0.1, 0.15) is 5.56 Å². The lowest BCUT2D eigenvalue weighted by Crippen LogP contribution is -2.02.